The van der Waals surface area contributed by atoms with Gasteiger partial charge >= 0.3 is 0 Å². The van der Waals surface area contributed by atoms with Crippen molar-refractivity contribution < 1.29 is 13.9 Å². The van der Waals surface area contributed by atoms with Crippen LogP contribution in [0.3, 0.4) is 0 Å². The molecule has 0 aliphatic rings. The van der Waals surface area contributed by atoms with Gasteiger partial charge in [-0.2, -0.15) is 0 Å². The van der Waals surface area contributed by atoms with Crippen LogP contribution in [-0.4, -0.2) is 52.1 Å². The molecule has 1 amide bonds. The molecule has 0 fully saturated rings. The molecule has 0 aliphatic carbocycles. The minimum atomic E-state index is -0.00844. The third kappa shape index (κ3) is 5.85. The van der Waals surface area contributed by atoms with Gasteiger partial charge in [0.1, 0.15) is 5.76 Å². The Kier molecular flexibility index (Phi) is 7.74. The first-order valence-electron chi connectivity index (χ1n) is 9.15. The molecule has 29 heavy (non-hydrogen) atoms. The molecule has 0 radical (unpaired) electrons. The average molecular weight is 435 g/mol. The molecule has 2 aromatic heterocycles. The number of methoxy groups -OCH3 is 1. The van der Waals surface area contributed by atoms with Gasteiger partial charge in [-0.15, -0.1) is 10.2 Å². The molecule has 1 aromatic carbocycles. The number of nitrogens with zero attached hydrogens (tertiary/aromatic N) is 4. The molecule has 154 valence electrons. The summed E-state index contributed by atoms with van der Waals surface area (Å²) in [5.74, 6) is 1.75. The van der Waals surface area contributed by atoms with Crippen LogP contribution in [0.5, 0.6) is 0 Å². The van der Waals surface area contributed by atoms with Crippen LogP contribution in [0.15, 0.2) is 52.2 Å². The minimum absolute atomic E-state index is 0.00844. The van der Waals surface area contributed by atoms with E-state index in [9.17, 15) is 4.79 Å². The number of thioether (sulfide) groups is 1. The molecular weight excluding hydrogens is 412 g/mol. The van der Waals surface area contributed by atoms with Crippen LogP contribution < -0.4 is 0 Å². The molecule has 0 unspecified atom stereocenters. The third-order valence-electron chi connectivity index (χ3n) is 4.27. The van der Waals surface area contributed by atoms with Gasteiger partial charge in [0, 0.05) is 37.9 Å². The molecular formula is C20H23ClN4O3S. The molecule has 0 saturated carbocycles. The predicted octanol–water partition coefficient (Wildman–Crippen LogP) is 3.98. The van der Waals surface area contributed by atoms with Gasteiger partial charge in [-0.25, -0.2) is 0 Å². The maximum absolute atomic E-state index is 12.5. The molecule has 3 rings (SSSR count). The van der Waals surface area contributed by atoms with E-state index in [4.69, 9.17) is 20.8 Å². The molecule has 2 heterocycles. The summed E-state index contributed by atoms with van der Waals surface area (Å²) < 4.78 is 12.5. The highest BCUT2D eigenvalue weighted by Crippen LogP contribution is 2.26. The van der Waals surface area contributed by atoms with Gasteiger partial charge in [0.2, 0.25) is 5.91 Å². The van der Waals surface area contributed by atoms with Crippen LogP contribution in [0, 0.1) is 0 Å². The fourth-order valence-electron chi connectivity index (χ4n) is 2.74. The van der Waals surface area contributed by atoms with E-state index < -0.39 is 0 Å². The molecule has 0 spiro atoms. The van der Waals surface area contributed by atoms with E-state index in [2.05, 4.69) is 10.2 Å². The fraction of sp³-hybridized carbons (Fsp3) is 0.350. The van der Waals surface area contributed by atoms with Crippen LogP contribution in [0.25, 0.3) is 11.4 Å². The van der Waals surface area contributed by atoms with Gasteiger partial charge in [-0.3, -0.25) is 4.79 Å². The average Bonchev–Trinajstić information content (AvgIpc) is 3.37. The van der Waals surface area contributed by atoms with E-state index in [1.165, 1.54) is 11.8 Å². The van der Waals surface area contributed by atoms with E-state index in [0.717, 1.165) is 23.6 Å². The monoisotopic (exact) mass is 434 g/mol. The Morgan fingerprint density at radius 3 is 2.76 bits per heavy atom. The summed E-state index contributed by atoms with van der Waals surface area (Å²) in [6.45, 7) is 1.76. The van der Waals surface area contributed by atoms with Crippen LogP contribution in [-0.2, 0) is 22.6 Å². The van der Waals surface area contributed by atoms with Crippen molar-refractivity contribution in [3.05, 3.63) is 53.4 Å². The smallest absolute Gasteiger partial charge is 0.233 e. The zero-order valence-electron chi connectivity index (χ0n) is 16.4. The lowest BCUT2D eigenvalue weighted by Crippen LogP contribution is -2.27. The van der Waals surface area contributed by atoms with Crippen molar-refractivity contribution in [1.29, 1.82) is 0 Å². The maximum Gasteiger partial charge on any atom is 0.233 e. The molecule has 0 atom stereocenters. The Morgan fingerprint density at radius 2 is 2.07 bits per heavy atom. The van der Waals surface area contributed by atoms with Gasteiger partial charge in [-0.05, 0) is 42.8 Å². The summed E-state index contributed by atoms with van der Waals surface area (Å²) in [5, 5.41) is 10.0. The highest BCUT2D eigenvalue weighted by Gasteiger charge is 2.17. The number of rotatable bonds is 10. The SMILES string of the molecule is COCCCn1c(SCC(=O)N(C)Cc2ccco2)nnc1-c1ccc(Cl)cc1. The molecule has 0 saturated heterocycles. The number of aromatic nitrogens is 3. The van der Waals surface area contributed by atoms with Gasteiger partial charge in [-0.1, -0.05) is 23.4 Å². The second kappa shape index (κ2) is 10.5. The van der Waals surface area contributed by atoms with Crippen molar-refractivity contribution in [3.8, 4) is 11.4 Å². The normalized spacial score (nSPS) is 11.0. The second-order valence-corrected chi connectivity index (χ2v) is 7.81. The third-order valence-corrected chi connectivity index (χ3v) is 5.48. The van der Waals surface area contributed by atoms with E-state index in [-0.39, 0.29) is 11.7 Å². The van der Waals surface area contributed by atoms with Crippen molar-refractivity contribution in [3.63, 3.8) is 0 Å². The van der Waals surface area contributed by atoms with Crippen LogP contribution in [0.4, 0.5) is 0 Å². The zero-order valence-corrected chi connectivity index (χ0v) is 17.9. The Balaban J connectivity index is 1.70. The van der Waals surface area contributed by atoms with Crippen LogP contribution >= 0.6 is 23.4 Å². The molecule has 7 nitrogen and oxygen atoms in total. The van der Waals surface area contributed by atoms with Crippen molar-refractivity contribution in [2.75, 3.05) is 26.5 Å². The molecule has 0 N–H and O–H groups in total. The zero-order chi connectivity index (χ0) is 20.6. The summed E-state index contributed by atoms with van der Waals surface area (Å²) in [4.78, 5) is 14.1. The number of benzene rings is 1. The number of hydrogen-bond donors (Lipinski definition) is 0. The van der Waals surface area contributed by atoms with E-state index in [0.29, 0.717) is 29.9 Å². The van der Waals surface area contributed by atoms with E-state index in [1.807, 2.05) is 41.0 Å². The predicted molar refractivity (Wildman–Crippen MR) is 113 cm³/mol. The number of carbonyl (C=O) groups excluding carboxylic acids is 1. The fourth-order valence-corrected chi connectivity index (χ4v) is 3.77. The Hall–Kier alpha value is -2.29. The van der Waals surface area contributed by atoms with Crippen molar-refractivity contribution in [2.24, 2.45) is 0 Å². The van der Waals surface area contributed by atoms with E-state index >= 15 is 0 Å². The number of carbonyl (C=O) groups is 1. The van der Waals surface area contributed by atoms with Gasteiger partial charge in [0.05, 0.1) is 18.6 Å². The lowest BCUT2D eigenvalue weighted by atomic mass is 10.2. The Bertz CT molecular complexity index is 912. The number of furan rings is 1. The van der Waals surface area contributed by atoms with Crippen molar-refractivity contribution in [2.45, 2.75) is 24.7 Å². The lowest BCUT2D eigenvalue weighted by Gasteiger charge is -2.15. The first-order chi connectivity index (χ1) is 14.1. The van der Waals surface area contributed by atoms with Gasteiger partial charge < -0.3 is 18.6 Å². The summed E-state index contributed by atoms with van der Waals surface area (Å²) >= 11 is 7.37. The topological polar surface area (TPSA) is 73.4 Å². The number of amides is 1. The lowest BCUT2D eigenvalue weighted by molar-refractivity contribution is -0.127. The highest BCUT2D eigenvalue weighted by molar-refractivity contribution is 7.99. The molecule has 0 aliphatic heterocycles. The Labute approximate surface area is 179 Å². The standard InChI is InChI=1S/C20H23ClN4O3S/c1-24(13-17-5-3-12-28-17)18(26)14-29-20-23-22-19(25(20)10-4-11-27-2)15-6-8-16(21)9-7-15/h3,5-9,12H,4,10-11,13-14H2,1-2H3. The van der Waals surface area contributed by atoms with Crippen LogP contribution in [0.1, 0.15) is 12.2 Å². The summed E-state index contributed by atoms with van der Waals surface area (Å²) in [5.41, 5.74) is 0.924. The van der Waals surface area contributed by atoms with E-state index in [1.54, 1.807) is 25.3 Å². The number of ether oxygens (including phenoxy) is 1. The van der Waals surface area contributed by atoms with Crippen molar-refractivity contribution >= 4 is 29.3 Å². The second-order valence-electron chi connectivity index (χ2n) is 6.43. The summed E-state index contributed by atoms with van der Waals surface area (Å²) in [7, 11) is 3.43. The van der Waals surface area contributed by atoms with Crippen LogP contribution in [0.2, 0.25) is 5.02 Å². The maximum atomic E-state index is 12.5. The molecule has 9 heteroatoms. The van der Waals surface area contributed by atoms with Gasteiger partial charge in [0.25, 0.3) is 0 Å². The number of halogens is 1. The quantitative estimate of drug-likeness (QED) is 0.355. The molecule has 3 aromatic rings. The largest absolute Gasteiger partial charge is 0.467 e. The number of hydrogen-bond acceptors (Lipinski definition) is 6. The summed E-state index contributed by atoms with van der Waals surface area (Å²) in [6.07, 6.45) is 2.41. The summed E-state index contributed by atoms with van der Waals surface area (Å²) in [6, 6.07) is 11.1. The first kappa shape index (κ1) is 21.4. The minimum Gasteiger partial charge on any atom is -0.467 e. The van der Waals surface area contributed by atoms with Crippen molar-refractivity contribution in [1.82, 2.24) is 19.7 Å². The Morgan fingerprint density at radius 1 is 1.28 bits per heavy atom. The molecule has 0 bridgehead atoms. The highest BCUT2D eigenvalue weighted by atomic mass is 35.5. The van der Waals surface area contributed by atoms with Gasteiger partial charge in [0.15, 0.2) is 11.0 Å². The first-order valence-corrected chi connectivity index (χ1v) is 10.5.